The number of aromatic nitrogens is 8. The molecule has 2 aliphatic heterocycles. The van der Waals surface area contributed by atoms with Gasteiger partial charge in [-0.05, 0) is 59.5 Å². The highest BCUT2D eigenvalue weighted by Crippen LogP contribution is 2.38. The molecule has 96 heavy (non-hydrogen) atoms. The van der Waals surface area contributed by atoms with E-state index in [2.05, 4.69) is 88.4 Å². The molecule has 0 radical (unpaired) electrons. The molecular weight excluding hydrogens is 1400 g/mol. The van der Waals surface area contributed by atoms with Crippen molar-refractivity contribution < 1.29 is 100 Å². The highest BCUT2D eigenvalue weighted by Gasteiger charge is 2.33. The number of hydrogen-bond acceptors (Lipinski definition) is 26. The second kappa shape index (κ2) is 34.8. The number of terminal acetylenes is 1. The molecule has 5 amide bonds. The maximum Gasteiger partial charge on any atom is 0.389 e. The molecule has 4 aromatic heterocycles. The van der Waals surface area contributed by atoms with Crippen LogP contribution in [0, 0.1) is 30.5 Å². The Bertz CT molecular complexity index is 4270. The highest BCUT2D eigenvalue weighted by atomic mass is 32.2. The van der Waals surface area contributed by atoms with Crippen LogP contribution < -0.4 is 58.9 Å². The topological polar surface area (TPSA) is 459 Å². The summed E-state index contributed by atoms with van der Waals surface area (Å²) in [6, 6.07) is 9.04. The minimum absolute atomic E-state index is 0.0612. The molecule has 0 aliphatic carbocycles. The number of aliphatic carboxylic acids is 1. The third-order valence-electron chi connectivity index (χ3n) is 11.6. The number of benzene rings is 2. The number of nitrogens with zero attached hydrogens (tertiary/aromatic N) is 10. The van der Waals surface area contributed by atoms with Crippen LogP contribution in [-0.4, -0.2) is 176 Å². The van der Waals surface area contributed by atoms with Crippen molar-refractivity contribution in [1.82, 2.24) is 53.6 Å². The summed E-state index contributed by atoms with van der Waals surface area (Å²) >= 11 is 1.24. The molecular formula is C53H66F4N15O18PS5. The zero-order chi connectivity index (χ0) is 72.1. The number of amides is 5. The summed E-state index contributed by atoms with van der Waals surface area (Å²) < 4.78 is 166. The van der Waals surface area contributed by atoms with Crippen molar-refractivity contribution in [3.05, 3.63) is 88.6 Å². The van der Waals surface area contributed by atoms with E-state index in [0.717, 1.165) is 37.1 Å². The lowest BCUT2D eigenvalue weighted by Crippen LogP contribution is -2.39. The number of carboxylic acids is 1. The van der Waals surface area contributed by atoms with Crippen LogP contribution in [0.25, 0.3) is 0 Å². The van der Waals surface area contributed by atoms with Gasteiger partial charge in [0.15, 0.2) is 27.3 Å². The van der Waals surface area contributed by atoms with Gasteiger partial charge in [-0.2, -0.15) is 50.9 Å². The summed E-state index contributed by atoms with van der Waals surface area (Å²) in [5.74, 6) is 1.18. The summed E-state index contributed by atoms with van der Waals surface area (Å²) in [6.07, 6.45) is 6.99. The Morgan fingerprint density at radius 1 is 0.906 bits per heavy atom. The van der Waals surface area contributed by atoms with Crippen LogP contribution in [-0.2, 0) is 74.3 Å². The van der Waals surface area contributed by atoms with E-state index in [1.54, 1.807) is 9.44 Å². The fraction of sp³-hybridized carbons (Fsp3) is 0.396. The number of urea groups is 2. The lowest BCUT2D eigenvalue weighted by Gasteiger charge is -2.28. The van der Waals surface area contributed by atoms with Gasteiger partial charge in [-0.25, -0.2) is 50.2 Å². The highest BCUT2D eigenvalue weighted by molar-refractivity contribution is 7.94. The number of alkyl halides is 3. The molecule has 1 atom stereocenters. The van der Waals surface area contributed by atoms with Gasteiger partial charge in [-0.15, -0.1) is 6.42 Å². The van der Waals surface area contributed by atoms with Crippen LogP contribution in [0.3, 0.4) is 0 Å². The van der Waals surface area contributed by atoms with E-state index in [0.29, 0.717) is 27.1 Å². The summed E-state index contributed by atoms with van der Waals surface area (Å²) in [6.45, 7) is 7.43. The predicted molar refractivity (Wildman–Crippen MR) is 339 cm³/mol. The number of methoxy groups -OCH3 is 3. The van der Waals surface area contributed by atoms with Gasteiger partial charge in [0.1, 0.15) is 35.6 Å². The van der Waals surface area contributed by atoms with Gasteiger partial charge in [0.05, 0.1) is 81.9 Å². The van der Waals surface area contributed by atoms with Crippen LogP contribution in [0.15, 0.2) is 80.6 Å². The number of halogens is 4. The molecule has 6 heterocycles. The molecule has 0 spiro atoms. The van der Waals surface area contributed by atoms with Crippen molar-refractivity contribution in [2.24, 2.45) is 10.4 Å². The fourth-order valence-corrected chi connectivity index (χ4v) is 12.5. The molecule has 0 fully saturated rings. The summed E-state index contributed by atoms with van der Waals surface area (Å²) in [5, 5.41) is 13.4. The van der Waals surface area contributed by atoms with E-state index in [4.69, 9.17) is 35.4 Å². The van der Waals surface area contributed by atoms with Crippen molar-refractivity contribution in [3.63, 3.8) is 0 Å². The van der Waals surface area contributed by atoms with Crippen molar-refractivity contribution in [2.75, 3.05) is 87.4 Å². The molecule has 0 saturated carbocycles. The van der Waals surface area contributed by atoms with Crippen molar-refractivity contribution in [1.29, 1.82) is 0 Å². The van der Waals surface area contributed by atoms with Crippen LogP contribution >= 0.6 is 19.1 Å². The number of carboxylic acid groups (broad SMARTS) is 1. The smallest absolute Gasteiger partial charge is 0.389 e. The van der Waals surface area contributed by atoms with Crippen molar-refractivity contribution in [3.8, 4) is 35.9 Å². The maximum atomic E-state index is 14.5. The normalized spacial score (nSPS) is 13.8. The number of sulfonamides is 2. The number of carbonyl (C=O) groups is 4. The van der Waals surface area contributed by atoms with Crippen LogP contribution in [0.5, 0.6) is 23.5 Å². The van der Waals surface area contributed by atoms with Crippen LogP contribution in [0.1, 0.15) is 44.4 Å². The molecule has 0 saturated heterocycles. The number of ether oxygens (including phenoxy) is 4. The monoisotopic (exact) mass is 1470 g/mol. The first-order valence-corrected chi connectivity index (χ1v) is 36.7. The quantitative estimate of drug-likeness (QED) is 0.0265. The minimum Gasteiger partial charge on any atom is -0.778 e. The number of fused-ring (bicyclic) bond motifs is 2. The number of sulfone groups is 1. The van der Waals surface area contributed by atoms with Gasteiger partial charge in [0.25, 0.3) is 26.0 Å². The second-order valence-electron chi connectivity index (χ2n) is 20.5. The van der Waals surface area contributed by atoms with Gasteiger partial charge in [-0.3, -0.25) is 30.4 Å². The first kappa shape index (κ1) is 79.7. The third kappa shape index (κ3) is 25.5. The number of nitrogens with one attached hydrogen (secondary N) is 5. The number of anilines is 3. The molecule has 2 aliphatic rings. The fourth-order valence-electron chi connectivity index (χ4n) is 7.64. The number of aryl methyl sites for hydroxylation is 2. The Morgan fingerprint density at radius 3 is 2.06 bits per heavy atom. The lowest BCUT2D eigenvalue weighted by molar-refractivity contribution is -0.193. The van der Waals surface area contributed by atoms with E-state index in [1.165, 1.54) is 94.1 Å². The zero-order valence-electron chi connectivity index (χ0n) is 52.6. The van der Waals surface area contributed by atoms with Gasteiger partial charge in [-0.1, -0.05) is 44.9 Å². The summed E-state index contributed by atoms with van der Waals surface area (Å²) in [7, 11) is -12.7. The van der Waals surface area contributed by atoms with E-state index in [9.17, 15) is 71.5 Å². The predicted octanol–water partition coefficient (Wildman–Crippen LogP) is 3.30. The Balaban J connectivity index is 0.000000278. The molecule has 524 valence electrons. The summed E-state index contributed by atoms with van der Waals surface area (Å²) in [5.41, 5.74) is 0.607. The Labute approximate surface area is 555 Å². The van der Waals surface area contributed by atoms with Crippen LogP contribution in [0.4, 0.5) is 50.4 Å². The number of rotatable bonds is 19. The molecule has 33 nitrogen and oxygen atoms in total. The second-order valence-corrected chi connectivity index (χ2v) is 30.8. The first-order chi connectivity index (χ1) is 44.6. The molecule has 7 N–H and O–H groups in total. The Morgan fingerprint density at radius 2 is 1.50 bits per heavy atom. The molecule has 1 unspecified atom stereocenters. The zero-order valence-corrected chi connectivity index (χ0v) is 57.6. The maximum absolute atomic E-state index is 14.5. The van der Waals surface area contributed by atoms with Crippen LogP contribution in [0.2, 0.25) is 0 Å². The van der Waals surface area contributed by atoms with E-state index in [1.807, 2.05) is 9.88 Å². The average Bonchev–Trinajstić information content (AvgIpc) is 0.808. The average molecular weight is 1470 g/mol. The molecule has 8 rings (SSSR count). The largest absolute Gasteiger partial charge is 0.778 e. The van der Waals surface area contributed by atoms with Crippen molar-refractivity contribution in [2.45, 2.75) is 74.5 Å². The standard InChI is InChI=1S/C18H17FN4O2S.C15H16F3N5O4S.C14H17N5O7S2.C3H8NO5P.C3H9S/c1-4-5-22-13-7-12(11(19)6-14(13)25-9-16(22)24)20-17-23-10-18(2,3)8-15(23)21-26-17;1-9-19-12(22-14(20-9)27-2)21-13(24)23-28(25,26)11-6-4-3-5-10(11)7-8-15(16,17)18;1-4-27(21,22)9-6-5-7-15-12(9)28(23,24)19-14(20)18-13-16-10(25-2)8-11(17-13)26-3;5-3(6)1-4-2-10(7,8)9;1-4(2)3/h1,6-7H,5,8-10H2,2-3H3;3-6H,7-8H2,1-2H3,(H2,19,20,21,22,23,24);5-8H,4H2,1-3H3,(H2,16,17,18,19,20);4H,1-2H2,(H,5,6)(H2,7,8,9);1-3H3/q;;;;+1/p-1. The Kier molecular flexibility index (Phi) is 28.9. The van der Waals surface area contributed by atoms with Gasteiger partial charge in [0.2, 0.25) is 28.5 Å². The van der Waals surface area contributed by atoms with Gasteiger partial charge < -0.3 is 43.0 Å². The van der Waals surface area contributed by atoms with Gasteiger partial charge in [0, 0.05) is 43.2 Å². The Hall–Kier alpha value is -8.69. The number of pyridine rings is 1. The molecule has 0 bridgehead atoms. The third-order valence-corrected chi connectivity index (χ3v) is 17.6. The lowest BCUT2D eigenvalue weighted by atomic mass is 9.92. The number of hydrogen-bond donors (Lipinski definition) is 7. The minimum atomic E-state index is -4.61. The molecule has 6 aromatic rings. The SMILES string of the molecule is C#CCN1C(=O)COc2cc(F)c(N=c3snc4n3CC(C)(C)C4)cc21.CCS(=O)(=O)c1cccnc1S(=O)(=O)NC(=O)Nc1nc(OC)cc(OC)n1.COc1nc(C)nc(NC(=O)NS(=O)(=O)c2ccccc2CCC(F)(F)F)n1.C[S+](C)C.O=C(O)CNCP(=O)([O-])O. The summed E-state index contributed by atoms with van der Waals surface area (Å²) in [4.78, 5) is 92.1. The van der Waals surface area contributed by atoms with Crippen molar-refractivity contribution >= 4 is 107 Å². The first-order valence-electron chi connectivity index (χ1n) is 27.1. The van der Waals surface area contributed by atoms with E-state index >= 15 is 0 Å². The van der Waals surface area contributed by atoms with Gasteiger partial charge >= 0.3 is 30.2 Å². The molecule has 2 aromatic carbocycles. The van der Waals surface area contributed by atoms with E-state index < -0.39 is 108 Å². The van der Waals surface area contributed by atoms with E-state index in [-0.39, 0.29) is 77.0 Å². The number of carbonyl (C=O) groups excluding carboxylic acids is 3. The molecule has 43 heteroatoms.